The van der Waals surface area contributed by atoms with Crippen LogP contribution in [0.4, 0.5) is 0 Å². The van der Waals surface area contributed by atoms with Crippen LogP contribution in [0.5, 0.6) is 0 Å². The summed E-state index contributed by atoms with van der Waals surface area (Å²) in [6, 6.07) is 8.65. The van der Waals surface area contributed by atoms with Crippen molar-refractivity contribution in [1.82, 2.24) is 4.90 Å². The molecule has 0 amide bonds. The Morgan fingerprint density at radius 2 is 2.13 bits per heavy atom. The molecular formula is C12H16BrNS. The minimum atomic E-state index is 0.786. The molecule has 1 nitrogen and oxygen atoms in total. The van der Waals surface area contributed by atoms with Crippen LogP contribution in [0.3, 0.4) is 0 Å². The molecule has 0 aromatic heterocycles. The predicted molar refractivity (Wildman–Crippen MR) is 71.3 cm³/mol. The van der Waals surface area contributed by atoms with E-state index in [0.29, 0.717) is 0 Å². The molecule has 3 heteroatoms. The molecule has 1 aromatic carbocycles. The third kappa shape index (κ3) is 3.51. The normalized spacial score (nSPS) is 22.9. The predicted octanol–water partition coefficient (Wildman–Crippen LogP) is 3.39. The first-order valence-corrected chi connectivity index (χ1v) is 7.16. The van der Waals surface area contributed by atoms with Gasteiger partial charge >= 0.3 is 0 Å². The van der Waals surface area contributed by atoms with E-state index in [2.05, 4.69) is 63.8 Å². The van der Waals surface area contributed by atoms with E-state index in [0.717, 1.165) is 16.3 Å². The van der Waals surface area contributed by atoms with Crippen LogP contribution in [0.2, 0.25) is 0 Å². The molecule has 0 saturated carbocycles. The average Bonchev–Trinajstić information content (AvgIpc) is 2.22. The number of rotatable bonds is 2. The van der Waals surface area contributed by atoms with Gasteiger partial charge in [-0.05, 0) is 17.7 Å². The molecule has 0 radical (unpaired) electrons. The van der Waals surface area contributed by atoms with E-state index in [1.807, 2.05) is 0 Å². The number of hydrogen-bond donors (Lipinski definition) is 0. The fourth-order valence-corrected chi connectivity index (χ4v) is 3.23. The van der Waals surface area contributed by atoms with Crippen LogP contribution < -0.4 is 0 Å². The molecule has 1 aliphatic rings. The van der Waals surface area contributed by atoms with Crippen LogP contribution in [0.25, 0.3) is 0 Å². The topological polar surface area (TPSA) is 3.24 Å². The molecule has 1 heterocycles. The second-order valence-corrected chi connectivity index (χ2v) is 6.50. The molecule has 1 saturated heterocycles. The molecule has 82 valence electrons. The van der Waals surface area contributed by atoms with Gasteiger partial charge in [0.05, 0.1) is 0 Å². The SMILES string of the molecule is CC1CN(Cc2ccc(Br)cc2)CCS1. The van der Waals surface area contributed by atoms with Crippen molar-refractivity contribution in [3.8, 4) is 0 Å². The largest absolute Gasteiger partial charge is 0.297 e. The van der Waals surface area contributed by atoms with Crippen molar-refractivity contribution in [3.63, 3.8) is 0 Å². The second-order valence-electron chi connectivity index (χ2n) is 4.04. The standard InChI is InChI=1S/C12H16BrNS/c1-10-8-14(6-7-15-10)9-11-2-4-12(13)5-3-11/h2-5,10H,6-9H2,1H3. The van der Waals surface area contributed by atoms with Crippen molar-refractivity contribution < 1.29 is 0 Å². The monoisotopic (exact) mass is 285 g/mol. The summed E-state index contributed by atoms with van der Waals surface area (Å²) in [6.45, 7) is 5.86. The number of halogens is 1. The molecule has 1 fully saturated rings. The number of nitrogens with zero attached hydrogens (tertiary/aromatic N) is 1. The van der Waals surface area contributed by atoms with E-state index < -0.39 is 0 Å². The zero-order valence-electron chi connectivity index (χ0n) is 8.95. The van der Waals surface area contributed by atoms with Gasteiger partial charge in [-0.15, -0.1) is 0 Å². The first kappa shape index (κ1) is 11.5. The molecule has 1 unspecified atom stereocenters. The Hall–Kier alpha value is 0.01000. The maximum Gasteiger partial charge on any atom is 0.0234 e. The first-order valence-electron chi connectivity index (χ1n) is 5.32. The molecule has 1 aliphatic heterocycles. The average molecular weight is 286 g/mol. The van der Waals surface area contributed by atoms with Gasteiger partial charge < -0.3 is 0 Å². The molecule has 0 aliphatic carbocycles. The fourth-order valence-electron chi connectivity index (χ4n) is 1.88. The van der Waals surface area contributed by atoms with Crippen LogP contribution in [-0.2, 0) is 6.54 Å². The van der Waals surface area contributed by atoms with Crippen LogP contribution in [-0.4, -0.2) is 29.0 Å². The van der Waals surface area contributed by atoms with Gasteiger partial charge in [0.1, 0.15) is 0 Å². The lowest BCUT2D eigenvalue weighted by Gasteiger charge is -2.30. The fraction of sp³-hybridized carbons (Fsp3) is 0.500. The van der Waals surface area contributed by atoms with Gasteiger partial charge in [0.2, 0.25) is 0 Å². The summed E-state index contributed by atoms with van der Waals surface area (Å²) >= 11 is 5.55. The number of thioether (sulfide) groups is 1. The van der Waals surface area contributed by atoms with Crippen molar-refractivity contribution in [2.45, 2.75) is 18.7 Å². The zero-order chi connectivity index (χ0) is 10.7. The summed E-state index contributed by atoms with van der Waals surface area (Å²) in [6.07, 6.45) is 0. The smallest absolute Gasteiger partial charge is 0.0234 e. The highest BCUT2D eigenvalue weighted by Gasteiger charge is 2.16. The summed E-state index contributed by atoms with van der Waals surface area (Å²) in [5.74, 6) is 1.28. The Kier molecular flexibility index (Phi) is 4.12. The molecule has 15 heavy (non-hydrogen) atoms. The van der Waals surface area contributed by atoms with Gasteiger partial charge in [-0.25, -0.2) is 0 Å². The molecule has 1 atom stereocenters. The van der Waals surface area contributed by atoms with Crippen molar-refractivity contribution >= 4 is 27.7 Å². The van der Waals surface area contributed by atoms with Crippen molar-refractivity contribution in [2.24, 2.45) is 0 Å². The Balaban J connectivity index is 1.93. The van der Waals surface area contributed by atoms with Crippen LogP contribution in [0.1, 0.15) is 12.5 Å². The highest BCUT2D eigenvalue weighted by atomic mass is 79.9. The van der Waals surface area contributed by atoms with E-state index >= 15 is 0 Å². The molecule has 2 rings (SSSR count). The number of hydrogen-bond acceptors (Lipinski definition) is 2. The van der Waals surface area contributed by atoms with Crippen LogP contribution in [0, 0.1) is 0 Å². The summed E-state index contributed by atoms with van der Waals surface area (Å²) in [4.78, 5) is 2.55. The third-order valence-corrected chi connectivity index (χ3v) is 4.31. The summed E-state index contributed by atoms with van der Waals surface area (Å²) in [7, 11) is 0. The quantitative estimate of drug-likeness (QED) is 0.820. The van der Waals surface area contributed by atoms with E-state index in [4.69, 9.17) is 0 Å². The number of benzene rings is 1. The summed E-state index contributed by atoms with van der Waals surface area (Å²) in [5, 5.41) is 0.786. The van der Waals surface area contributed by atoms with Crippen molar-refractivity contribution in [3.05, 3.63) is 34.3 Å². The van der Waals surface area contributed by atoms with Gasteiger partial charge in [-0.1, -0.05) is 35.0 Å². The highest BCUT2D eigenvalue weighted by molar-refractivity contribution is 9.10. The maximum atomic E-state index is 3.46. The first-order chi connectivity index (χ1) is 7.24. The van der Waals surface area contributed by atoms with E-state index in [1.54, 1.807) is 0 Å². The highest BCUT2D eigenvalue weighted by Crippen LogP contribution is 2.20. The van der Waals surface area contributed by atoms with Crippen LogP contribution in [0.15, 0.2) is 28.7 Å². The summed E-state index contributed by atoms with van der Waals surface area (Å²) < 4.78 is 1.16. The van der Waals surface area contributed by atoms with Gasteiger partial charge in [-0.3, -0.25) is 4.90 Å². The van der Waals surface area contributed by atoms with E-state index in [1.165, 1.54) is 24.4 Å². The van der Waals surface area contributed by atoms with Gasteiger partial charge in [-0.2, -0.15) is 11.8 Å². The van der Waals surface area contributed by atoms with Crippen molar-refractivity contribution in [1.29, 1.82) is 0 Å². The summed E-state index contributed by atoms with van der Waals surface area (Å²) in [5.41, 5.74) is 1.41. The Bertz CT molecular complexity index is 312. The van der Waals surface area contributed by atoms with E-state index in [9.17, 15) is 0 Å². The molecule has 1 aromatic rings. The third-order valence-electron chi connectivity index (χ3n) is 2.64. The van der Waals surface area contributed by atoms with Gasteiger partial charge in [0.25, 0.3) is 0 Å². The Labute approximate surface area is 104 Å². The van der Waals surface area contributed by atoms with E-state index in [-0.39, 0.29) is 0 Å². The molecule has 0 spiro atoms. The zero-order valence-corrected chi connectivity index (χ0v) is 11.4. The maximum absolute atomic E-state index is 3.46. The lowest BCUT2D eigenvalue weighted by atomic mass is 10.2. The van der Waals surface area contributed by atoms with Crippen LogP contribution >= 0.6 is 27.7 Å². The minimum Gasteiger partial charge on any atom is -0.297 e. The Morgan fingerprint density at radius 1 is 1.40 bits per heavy atom. The lowest BCUT2D eigenvalue weighted by molar-refractivity contribution is 0.278. The van der Waals surface area contributed by atoms with Gasteiger partial charge in [0.15, 0.2) is 0 Å². The molecular weight excluding hydrogens is 270 g/mol. The Morgan fingerprint density at radius 3 is 2.80 bits per heavy atom. The van der Waals surface area contributed by atoms with Gasteiger partial charge in [0, 0.05) is 35.1 Å². The lowest BCUT2D eigenvalue weighted by Crippen LogP contribution is -2.35. The van der Waals surface area contributed by atoms with Crippen molar-refractivity contribution in [2.75, 3.05) is 18.8 Å². The molecule has 0 bridgehead atoms. The second kappa shape index (κ2) is 5.37. The molecule has 0 N–H and O–H groups in total. The minimum absolute atomic E-state index is 0.786.